The molecule has 0 aliphatic carbocycles. The number of benzene rings is 3. The van der Waals surface area contributed by atoms with Gasteiger partial charge in [0.2, 0.25) is 0 Å². The average Bonchev–Trinajstić information content (AvgIpc) is 3.27. The number of para-hydroxylation sites is 1. The highest BCUT2D eigenvalue weighted by atomic mass is 16.5. The van der Waals surface area contributed by atoms with Crippen molar-refractivity contribution >= 4 is 16.8 Å². The van der Waals surface area contributed by atoms with E-state index in [2.05, 4.69) is 10.3 Å². The van der Waals surface area contributed by atoms with Crippen molar-refractivity contribution in [1.82, 2.24) is 10.3 Å². The maximum Gasteiger partial charge on any atom is 0.255 e. The van der Waals surface area contributed by atoms with E-state index in [0.717, 1.165) is 33.2 Å². The molecule has 1 atom stereocenters. The summed E-state index contributed by atoms with van der Waals surface area (Å²) < 4.78 is 10.9. The van der Waals surface area contributed by atoms with Crippen LogP contribution in [0.25, 0.3) is 22.0 Å². The molecule has 0 fully saturated rings. The predicted octanol–water partition coefficient (Wildman–Crippen LogP) is 4.71. The average molecular weight is 459 g/mol. The first-order chi connectivity index (χ1) is 16.6. The standard InChI is InChI=1S/C28H30N2O4/c1-3-34-27-13-12-21(20-10-8-19(9-11-20)18-33-2)15-25(27)28(32)30-23(17-31)14-22-16-29-26-7-5-4-6-24(22)26/h4-13,15-16,23,29,31H,3,14,17-18H2,1-2H3,(H,30,32)/t23-/m1/s1. The molecule has 3 N–H and O–H groups in total. The van der Waals surface area contributed by atoms with Gasteiger partial charge in [0.15, 0.2) is 0 Å². The first-order valence-electron chi connectivity index (χ1n) is 11.4. The van der Waals surface area contributed by atoms with Crippen molar-refractivity contribution in [3.8, 4) is 16.9 Å². The lowest BCUT2D eigenvalue weighted by Crippen LogP contribution is -2.39. The van der Waals surface area contributed by atoms with Crippen molar-refractivity contribution < 1.29 is 19.4 Å². The fraction of sp³-hybridized carbons (Fsp3) is 0.250. The van der Waals surface area contributed by atoms with Crippen LogP contribution in [0.5, 0.6) is 5.75 Å². The number of rotatable bonds is 10. The maximum atomic E-state index is 13.3. The smallest absolute Gasteiger partial charge is 0.255 e. The number of aromatic nitrogens is 1. The largest absolute Gasteiger partial charge is 0.493 e. The number of nitrogens with one attached hydrogen (secondary N) is 2. The number of H-pyrrole nitrogens is 1. The zero-order chi connectivity index (χ0) is 23.9. The predicted molar refractivity (Wildman–Crippen MR) is 134 cm³/mol. The van der Waals surface area contributed by atoms with Crippen LogP contribution in [0, 0.1) is 0 Å². The van der Waals surface area contributed by atoms with Crippen LogP contribution in [0.2, 0.25) is 0 Å². The molecule has 0 unspecified atom stereocenters. The fourth-order valence-electron chi connectivity index (χ4n) is 4.12. The molecule has 0 aliphatic rings. The molecule has 4 aromatic rings. The van der Waals surface area contributed by atoms with E-state index in [1.165, 1.54) is 0 Å². The molecule has 0 saturated carbocycles. The Kier molecular flexibility index (Phi) is 7.62. The van der Waals surface area contributed by atoms with Gasteiger partial charge in [-0.3, -0.25) is 4.79 Å². The molecule has 176 valence electrons. The van der Waals surface area contributed by atoms with Gasteiger partial charge in [0.1, 0.15) is 5.75 Å². The lowest BCUT2D eigenvalue weighted by molar-refractivity contribution is 0.0913. The molecule has 4 rings (SSSR count). The van der Waals surface area contributed by atoms with Crippen molar-refractivity contribution in [1.29, 1.82) is 0 Å². The van der Waals surface area contributed by atoms with Crippen LogP contribution in [-0.4, -0.2) is 42.4 Å². The molecule has 6 heteroatoms. The zero-order valence-corrected chi connectivity index (χ0v) is 19.5. The molecule has 0 spiro atoms. The quantitative estimate of drug-likeness (QED) is 0.321. The van der Waals surface area contributed by atoms with E-state index in [-0.39, 0.29) is 12.5 Å². The van der Waals surface area contributed by atoms with Gasteiger partial charge in [0.25, 0.3) is 5.91 Å². The molecule has 34 heavy (non-hydrogen) atoms. The Balaban J connectivity index is 1.56. The SMILES string of the molecule is CCOc1ccc(-c2ccc(COC)cc2)cc1C(=O)N[C@@H](CO)Cc1c[nH]c2ccccc12. The Labute approximate surface area is 199 Å². The molecule has 6 nitrogen and oxygen atoms in total. The van der Waals surface area contributed by atoms with Crippen LogP contribution < -0.4 is 10.1 Å². The van der Waals surface area contributed by atoms with E-state index in [1.807, 2.05) is 79.9 Å². The number of amides is 1. The molecule has 0 saturated heterocycles. The van der Waals surface area contributed by atoms with Gasteiger partial charge in [0, 0.05) is 24.2 Å². The minimum absolute atomic E-state index is 0.171. The fourth-order valence-corrected chi connectivity index (χ4v) is 4.12. The third-order valence-corrected chi connectivity index (χ3v) is 5.82. The highest BCUT2D eigenvalue weighted by Crippen LogP contribution is 2.28. The van der Waals surface area contributed by atoms with Crippen molar-refractivity contribution in [3.05, 3.63) is 89.6 Å². The van der Waals surface area contributed by atoms with Crippen molar-refractivity contribution in [3.63, 3.8) is 0 Å². The lowest BCUT2D eigenvalue weighted by Gasteiger charge is -2.18. The minimum atomic E-state index is -0.432. The molecule has 3 aromatic carbocycles. The van der Waals surface area contributed by atoms with Gasteiger partial charge >= 0.3 is 0 Å². The number of aliphatic hydroxyl groups is 1. The van der Waals surface area contributed by atoms with Crippen LogP contribution in [-0.2, 0) is 17.8 Å². The van der Waals surface area contributed by atoms with E-state index in [4.69, 9.17) is 9.47 Å². The van der Waals surface area contributed by atoms with Gasteiger partial charge in [-0.2, -0.15) is 0 Å². The number of aliphatic hydroxyl groups excluding tert-OH is 1. The van der Waals surface area contributed by atoms with Crippen molar-refractivity contribution in [2.45, 2.75) is 26.0 Å². The van der Waals surface area contributed by atoms with E-state index in [1.54, 1.807) is 7.11 Å². The number of carbonyl (C=O) groups excluding carboxylic acids is 1. The monoisotopic (exact) mass is 458 g/mol. The van der Waals surface area contributed by atoms with Gasteiger partial charge in [-0.15, -0.1) is 0 Å². The van der Waals surface area contributed by atoms with Gasteiger partial charge in [-0.25, -0.2) is 0 Å². The number of fused-ring (bicyclic) bond motifs is 1. The van der Waals surface area contributed by atoms with Gasteiger partial charge in [-0.1, -0.05) is 48.5 Å². The maximum absolute atomic E-state index is 13.3. The summed E-state index contributed by atoms with van der Waals surface area (Å²) in [6, 6.07) is 21.2. The van der Waals surface area contributed by atoms with E-state index in [9.17, 15) is 9.90 Å². The summed E-state index contributed by atoms with van der Waals surface area (Å²) in [4.78, 5) is 16.5. The first-order valence-corrected chi connectivity index (χ1v) is 11.4. The van der Waals surface area contributed by atoms with E-state index in [0.29, 0.717) is 30.9 Å². The Bertz CT molecular complexity index is 1250. The Morgan fingerprint density at radius 2 is 1.82 bits per heavy atom. The Morgan fingerprint density at radius 1 is 1.06 bits per heavy atom. The molecule has 1 aromatic heterocycles. The van der Waals surface area contributed by atoms with Gasteiger partial charge in [0.05, 0.1) is 31.4 Å². The molecular formula is C28H30N2O4. The number of ether oxygens (including phenoxy) is 2. The highest BCUT2D eigenvalue weighted by molar-refractivity contribution is 5.98. The summed E-state index contributed by atoms with van der Waals surface area (Å²) in [7, 11) is 1.67. The van der Waals surface area contributed by atoms with Crippen LogP contribution in [0.3, 0.4) is 0 Å². The lowest BCUT2D eigenvalue weighted by atomic mass is 10.00. The van der Waals surface area contributed by atoms with Crippen LogP contribution in [0.4, 0.5) is 0 Å². The molecule has 0 aliphatic heterocycles. The topological polar surface area (TPSA) is 83.6 Å². The summed E-state index contributed by atoms with van der Waals surface area (Å²) in [5, 5.41) is 14.1. The number of aromatic amines is 1. The molecular weight excluding hydrogens is 428 g/mol. The summed E-state index contributed by atoms with van der Waals surface area (Å²) in [6.45, 7) is 2.72. The van der Waals surface area contributed by atoms with Crippen LogP contribution in [0.15, 0.2) is 72.9 Å². The second-order valence-electron chi connectivity index (χ2n) is 8.19. The summed E-state index contributed by atoms with van der Waals surface area (Å²) >= 11 is 0. The molecule has 1 amide bonds. The van der Waals surface area contributed by atoms with Gasteiger partial charge < -0.3 is 24.9 Å². The van der Waals surface area contributed by atoms with Gasteiger partial charge in [-0.05, 0) is 53.8 Å². The second-order valence-corrected chi connectivity index (χ2v) is 8.19. The summed E-state index contributed by atoms with van der Waals surface area (Å²) in [5.41, 5.74) is 5.51. The number of carbonyl (C=O) groups is 1. The Hall–Kier alpha value is -3.61. The molecule has 0 bridgehead atoms. The minimum Gasteiger partial charge on any atom is -0.493 e. The first kappa shape index (κ1) is 23.5. The summed E-state index contributed by atoms with van der Waals surface area (Å²) in [6.07, 6.45) is 2.44. The molecule has 1 heterocycles. The zero-order valence-electron chi connectivity index (χ0n) is 19.5. The number of hydrogen-bond acceptors (Lipinski definition) is 4. The van der Waals surface area contributed by atoms with Crippen LogP contribution >= 0.6 is 0 Å². The third-order valence-electron chi connectivity index (χ3n) is 5.82. The third kappa shape index (κ3) is 5.30. The van der Waals surface area contributed by atoms with Crippen LogP contribution in [0.1, 0.15) is 28.4 Å². The summed E-state index contributed by atoms with van der Waals surface area (Å²) in [5.74, 6) is 0.240. The highest BCUT2D eigenvalue weighted by Gasteiger charge is 2.19. The van der Waals surface area contributed by atoms with Crippen molar-refractivity contribution in [2.24, 2.45) is 0 Å². The number of methoxy groups -OCH3 is 1. The van der Waals surface area contributed by atoms with E-state index < -0.39 is 6.04 Å². The normalized spacial score (nSPS) is 12.0. The number of hydrogen-bond donors (Lipinski definition) is 3. The van der Waals surface area contributed by atoms with E-state index >= 15 is 0 Å². The second kappa shape index (κ2) is 11.0. The molecule has 0 radical (unpaired) electrons. The Morgan fingerprint density at radius 3 is 2.56 bits per heavy atom. The van der Waals surface area contributed by atoms with Crippen molar-refractivity contribution in [2.75, 3.05) is 20.3 Å².